The molecular formula is C40H40Cl2F6N6O5. The van der Waals surface area contributed by atoms with Gasteiger partial charge in [0, 0.05) is 50.2 Å². The molecule has 5 saturated heterocycles. The standard InChI is InChI=1S/C40H40Cl2F6N6O5/c41-30-7-6-27(23-31(30)42)37(9-15-52(24-37)33(55)25-20-28(39(43,44)45)22-29(21-25)40(46,47)48)8-12-50-13-10-38(11-14-50,26-4-2-1-3-5-26)35(58)49-36(59)54-32(34(56)57)51-16-18-53(54)19-17-51/h1-7,20-23,32H,8-19,24H2,(H,56,57)(H,49,58,59). The maximum absolute atomic E-state index is 14.3. The number of nitrogens with one attached hydrogen (secondary N) is 1. The third-order valence-corrected chi connectivity index (χ3v) is 12.9. The number of amides is 4. The Balaban J connectivity index is 1.09. The molecular weight excluding hydrogens is 829 g/mol. The number of imide groups is 1. The zero-order chi connectivity index (χ0) is 42.5. The van der Waals surface area contributed by atoms with Gasteiger partial charge in [-0.05, 0) is 86.8 Å². The van der Waals surface area contributed by atoms with E-state index >= 15 is 0 Å². The van der Waals surface area contributed by atoms with Gasteiger partial charge in [-0.3, -0.25) is 19.8 Å². The van der Waals surface area contributed by atoms with Crippen molar-refractivity contribution in [3.63, 3.8) is 0 Å². The van der Waals surface area contributed by atoms with Gasteiger partial charge in [-0.25, -0.2) is 19.6 Å². The molecule has 4 amide bonds. The summed E-state index contributed by atoms with van der Waals surface area (Å²) in [5.41, 5.74) is -4.50. The molecule has 5 heterocycles. The second-order valence-corrected chi connectivity index (χ2v) is 16.3. The first-order chi connectivity index (χ1) is 27.8. The van der Waals surface area contributed by atoms with Crippen LogP contribution in [0.2, 0.25) is 10.0 Å². The van der Waals surface area contributed by atoms with Crippen molar-refractivity contribution in [2.75, 3.05) is 58.9 Å². The van der Waals surface area contributed by atoms with Crippen molar-refractivity contribution >= 4 is 47.0 Å². The van der Waals surface area contributed by atoms with E-state index in [1.165, 1.54) is 4.90 Å². The molecule has 19 heteroatoms. The predicted octanol–water partition coefficient (Wildman–Crippen LogP) is 6.73. The maximum atomic E-state index is 14.3. The van der Waals surface area contributed by atoms with Crippen LogP contribution in [-0.2, 0) is 32.8 Å². The summed E-state index contributed by atoms with van der Waals surface area (Å²) >= 11 is 12.7. The zero-order valence-corrected chi connectivity index (χ0v) is 33.0. The summed E-state index contributed by atoms with van der Waals surface area (Å²) in [7, 11) is 0. The van der Waals surface area contributed by atoms with Crippen LogP contribution in [0, 0.1) is 0 Å². The lowest BCUT2D eigenvalue weighted by Crippen LogP contribution is -2.74. The number of piperazine rings is 1. The van der Waals surface area contributed by atoms with Crippen LogP contribution in [0.15, 0.2) is 66.7 Å². The predicted molar refractivity (Wildman–Crippen MR) is 203 cm³/mol. The van der Waals surface area contributed by atoms with Gasteiger partial charge in [0.2, 0.25) is 12.1 Å². The zero-order valence-electron chi connectivity index (χ0n) is 31.5. The molecule has 5 aliphatic rings. The number of piperidine rings is 1. The van der Waals surface area contributed by atoms with Gasteiger partial charge in [0.15, 0.2) is 0 Å². The van der Waals surface area contributed by atoms with Gasteiger partial charge in [-0.2, -0.15) is 26.3 Å². The third-order valence-electron chi connectivity index (χ3n) is 12.2. The number of likely N-dealkylation sites (tertiary alicyclic amines) is 2. The normalized spacial score (nSPS) is 24.6. The molecule has 2 unspecified atom stereocenters. The Morgan fingerprint density at radius 2 is 1.37 bits per heavy atom. The number of benzene rings is 3. The summed E-state index contributed by atoms with van der Waals surface area (Å²) in [5, 5.41) is 15.7. The van der Waals surface area contributed by atoms with Crippen molar-refractivity contribution < 1.29 is 50.6 Å². The smallest absolute Gasteiger partial charge is 0.416 e. The van der Waals surface area contributed by atoms with Crippen molar-refractivity contribution in [2.24, 2.45) is 0 Å². The van der Waals surface area contributed by atoms with E-state index in [9.17, 15) is 50.6 Å². The number of carbonyl (C=O) groups excluding carboxylic acids is 3. The Hall–Kier alpha value is -4.42. The molecule has 3 aromatic carbocycles. The number of halogens is 8. The van der Waals surface area contributed by atoms with Gasteiger partial charge in [-0.15, -0.1) is 0 Å². The van der Waals surface area contributed by atoms with Crippen LogP contribution in [0.5, 0.6) is 0 Å². The van der Waals surface area contributed by atoms with Crippen molar-refractivity contribution in [3.8, 4) is 0 Å². The van der Waals surface area contributed by atoms with Gasteiger partial charge in [-0.1, -0.05) is 59.6 Å². The summed E-state index contributed by atoms with van der Waals surface area (Å²) < 4.78 is 82.1. The number of rotatable bonds is 8. The topological polar surface area (TPSA) is 117 Å². The minimum absolute atomic E-state index is 0.0173. The van der Waals surface area contributed by atoms with E-state index in [1.807, 2.05) is 12.1 Å². The minimum Gasteiger partial charge on any atom is -0.479 e. The number of fused-ring (bicyclic) bond motifs is 3. The van der Waals surface area contributed by atoms with Crippen LogP contribution >= 0.6 is 23.2 Å². The van der Waals surface area contributed by atoms with Gasteiger partial charge >= 0.3 is 24.4 Å². The highest BCUT2D eigenvalue weighted by Gasteiger charge is 2.50. The van der Waals surface area contributed by atoms with Crippen molar-refractivity contribution in [1.82, 2.24) is 30.0 Å². The van der Waals surface area contributed by atoms with Crippen LogP contribution in [0.25, 0.3) is 0 Å². The number of carboxylic acids is 1. The van der Waals surface area contributed by atoms with Crippen molar-refractivity contribution in [1.29, 1.82) is 0 Å². The molecule has 5 aliphatic heterocycles. The Morgan fingerprint density at radius 3 is 1.95 bits per heavy atom. The van der Waals surface area contributed by atoms with Gasteiger partial charge in [0.05, 0.1) is 26.6 Å². The average molecular weight is 870 g/mol. The SMILES string of the molecule is O=C(O)C1N2CCN(CC2)N1C(=O)NC(=O)C1(c2ccccc2)CCN(CCC2(c3ccc(Cl)c(Cl)c3)CCN(C(=O)c3cc(C(F)(F)F)cc(C(F)(F)F)c3)C2)CC1. The Bertz CT molecular complexity index is 2080. The highest BCUT2D eigenvalue weighted by Crippen LogP contribution is 2.43. The van der Waals surface area contributed by atoms with E-state index < -0.39 is 69.9 Å². The monoisotopic (exact) mass is 868 g/mol. The van der Waals surface area contributed by atoms with Crippen molar-refractivity contribution in [2.45, 2.75) is 55.0 Å². The average Bonchev–Trinajstić information content (AvgIpc) is 3.66. The van der Waals surface area contributed by atoms with E-state index in [0.29, 0.717) is 81.9 Å². The minimum atomic E-state index is -5.12. The molecule has 5 fully saturated rings. The largest absolute Gasteiger partial charge is 0.479 e. The number of hydrogen-bond acceptors (Lipinski definition) is 7. The van der Waals surface area contributed by atoms with E-state index in [4.69, 9.17) is 23.2 Å². The summed E-state index contributed by atoms with van der Waals surface area (Å²) in [6.45, 7) is 3.02. The molecule has 0 spiro atoms. The fourth-order valence-corrected chi connectivity index (χ4v) is 9.20. The number of carboxylic acid groups (broad SMARTS) is 1. The Kier molecular flexibility index (Phi) is 11.7. The quantitative estimate of drug-likeness (QED) is 0.240. The highest BCUT2D eigenvalue weighted by molar-refractivity contribution is 6.42. The van der Waals surface area contributed by atoms with Crippen molar-refractivity contribution in [3.05, 3.63) is 105 Å². The number of carbonyl (C=O) groups is 4. The van der Waals surface area contributed by atoms with Gasteiger partial charge in [0.25, 0.3) is 5.91 Å². The molecule has 0 radical (unpaired) electrons. The Labute approximate surface area is 345 Å². The van der Waals surface area contributed by atoms with E-state index in [2.05, 4.69) is 10.2 Å². The van der Waals surface area contributed by atoms with Crippen LogP contribution in [0.4, 0.5) is 31.1 Å². The van der Waals surface area contributed by atoms with E-state index in [0.717, 1.165) is 5.01 Å². The molecule has 59 heavy (non-hydrogen) atoms. The van der Waals surface area contributed by atoms with E-state index in [1.54, 1.807) is 46.3 Å². The summed E-state index contributed by atoms with van der Waals surface area (Å²) in [5.74, 6) is -2.74. The lowest BCUT2D eigenvalue weighted by Gasteiger charge is -2.52. The molecule has 2 bridgehead atoms. The van der Waals surface area contributed by atoms with Gasteiger partial charge < -0.3 is 14.9 Å². The molecule has 0 saturated carbocycles. The lowest BCUT2D eigenvalue weighted by molar-refractivity contribution is -0.190. The summed E-state index contributed by atoms with van der Waals surface area (Å²) in [6.07, 6.45) is -10.2. The first-order valence-electron chi connectivity index (χ1n) is 19.0. The highest BCUT2D eigenvalue weighted by atomic mass is 35.5. The molecule has 0 aliphatic carbocycles. The number of nitrogens with zero attached hydrogens (tertiary/aromatic N) is 5. The molecule has 8 rings (SSSR count). The number of hydrogen-bond donors (Lipinski definition) is 2. The number of urea groups is 1. The van der Waals surface area contributed by atoms with Crippen LogP contribution in [0.3, 0.4) is 0 Å². The summed E-state index contributed by atoms with van der Waals surface area (Å²) in [6, 6.07) is 14.0. The number of hydrazine groups is 1. The number of aliphatic carboxylic acids is 1. The Morgan fingerprint density at radius 1 is 0.746 bits per heavy atom. The lowest BCUT2D eigenvalue weighted by atomic mass is 9.71. The molecule has 0 aromatic heterocycles. The first kappa shape index (κ1) is 42.7. The third kappa shape index (κ3) is 8.49. The second kappa shape index (κ2) is 16.2. The first-order valence-corrected chi connectivity index (χ1v) is 19.8. The molecule has 2 N–H and O–H groups in total. The van der Waals surface area contributed by atoms with Crippen LogP contribution in [0.1, 0.15) is 58.3 Å². The molecule has 316 valence electrons. The van der Waals surface area contributed by atoms with Crippen LogP contribution < -0.4 is 5.32 Å². The second-order valence-electron chi connectivity index (χ2n) is 15.5. The fraction of sp³-hybridized carbons (Fsp3) is 0.450. The van der Waals surface area contributed by atoms with Gasteiger partial charge in [0.1, 0.15) is 0 Å². The van der Waals surface area contributed by atoms with E-state index in [-0.39, 0.29) is 42.0 Å². The molecule has 2 atom stereocenters. The molecule has 3 aromatic rings. The summed E-state index contributed by atoms with van der Waals surface area (Å²) in [4.78, 5) is 58.9. The maximum Gasteiger partial charge on any atom is 0.416 e. The fourth-order valence-electron chi connectivity index (χ4n) is 8.91. The number of alkyl halides is 6. The van der Waals surface area contributed by atoms with Crippen LogP contribution in [-0.4, -0.2) is 119 Å². The molecule has 11 nitrogen and oxygen atoms in total.